The summed E-state index contributed by atoms with van der Waals surface area (Å²) in [6, 6.07) is 14.0. The van der Waals surface area contributed by atoms with Gasteiger partial charge in [-0.1, -0.05) is 30.3 Å². The minimum absolute atomic E-state index is 0.0719. The molecule has 1 fully saturated rings. The number of nitrogens with one attached hydrogen (secondary N) is 1. The second-order valence-electron chi connectivity index (χ2n) is 5.49. The van der Waals surface area contributed by atoms with Gasteiger partial charge in [0, 0.05) is 12.0 Å². The SMILES string of the molecule is COc1cc([N+](=O)[O-])ccc1NC(=O)[C@@H]1C[C@H]1c1ccccc1. The number of amides is 1. The Morgan fingerprint density at radius 1 is 1.26 bits per heavy atom. The third kappa shape index (κ3) is 3.15. The zero-order valence-electron chi connectivity index (χ0n) is 12.6. The molecule has 0 bridgehead atoms. The highest BCUT2D eigenvalue weighted by atomic mass is 16.6. The molecule has 1 N–H and O–H groups in total. The molecule has 0 aliphatic heterocycles. The van der Waals surface area contributed by atoms with Crippen molar-refractivity contribution in [2.45, 2.75) is 12.3 Å². The van der Waals surface area contributed by atoms with Crippen LogP contribution in [0.5, 0.6) is 5.75 Å². The second-order valence-corrected chi connectivity index (χ2v) is 5.49. The lowest BCUT2D eigenvalue weighted by molar-refractivity contribution is -0.384. The number of rotatable bonds is 5. The van der Waals surface area contributed by atoms with E-state index in [9.17, 15) is 14.9 Å². The van der Waals surface area contributed by atoms with Gasteiger partial charge in [0.05, 0.1) is 23.8 Å². The molecule has 0 saturated heterocycles. The highest BCUT2D eigenvalue weighted by Crippen LogP contribution is 2.48. The third-order valence-corrected chi connectivity index (χ3v) is 4.01. The normalized spacial score (nSPS) is 19.0. The van der Waals surface area contributed by atoms with E-state index in [0.717, 1.165) is 12.0 Å². The lowest BCUT2D eigenvalue weighted by Crippen LogP contribution is -2.15. The van der Waals surface area contributed by atoms with E-state index in [1.54, 1.807) is 0 Å². The van der Waals surface area contributed by atoms with Crippen LogP contribution in [-0.2, 0) is 4.79 Å². The Balaban J connectivity index is 1.71. The lowest BCUT2D eigenvalue weighted by atomic mass is 10.1. The van der Waals surface area contributed by atoms with Gasteiger partial charge in [0.25, 0.3) is 5.69 Å². The summed E-state index contributed by atoms with van der Waals surface area (Å²) >= 11 is 0. The maximum Gasteiger partial charge on any atom is 0.273 e. The standard InChI is InChI=1S/C17H16N2O4/c1-23-16-9-12(19(21)22)7-8-15(16)18-17(20)14-10-13(14)11-5-3-2-4-6-11/h2-9,13-14H,10H2,1H3,(H,18,20)/t13-,14+/m0/s1. The average Bonchev–Trinajstić information content (AvgIpc) is 3.36. The molecule has 1 amide bonds. The monoisotopic (exact) mass is 312 g/mol. The Kier molecular flexibility index (Phi) is 3.97. The summed E-state index contributed by atoms with van der Waals surface area (Å²) in [5.41, 5.74) is 1.53. The van der Waals surface area contributed by atoms with Gasteiger partial charge in [-0.25, -0.2) is 0 Å². The van der Waals surface area contributed by atoms with Crippen molar-refractivity contribution in [3.8, 4) is 5.75 Å². The van der Waals surface area contributed by atoms with Gasteiger partial charge in [-0.3, -0.25) is 14.9 Å². The second kappa shape index (κ2) is 6.08. The van der Waals surface area contributed by atoms with Crippen LogP contribution in [0.15, 0.2) is 48.5 Å². The van der Waals surface area contributed by atoms with Crippen molar-refractivity contribution in [3.63, 3.8) is 0 Å². The molecule has 1 aliphatic rings. The quantitative estimate of drug-likeness (QED) is 0.678. The molecule has 0 unspecified atom stereocenters. The molecular formula is C17H16N2O4. The average molecular weight is 312 g/mol. The van der Waals surface area contributed by atoms with Gasteiger partial charge in [-0.05, 0) is 24.0 Å². The molecule has 6 nitrogen and oxygen atoms in total. The summed E-state index contributed by atoms with van der Waals surface area (Å²) in [6.45, 7) is 0. The molecule has 1 saturated carbocycles. The van der Waals surface area contributed by atoms with Crippen molar-refractivity contribution in [2.24, 2.45) is 5.92 Å². The Morgan fingerprint density at radius 3 is 2.65 bits per heavy atom. The maximum absolute atomic E-state index is 12.3. The van der Waals surface area contributed by atoms with Crippen LogP contribution in [0.2, 0.25) is 0 Å². The predicted molar refractivity (Wildman–Crippen MR) is 85.6 cm³/mol. The van der Waals surface area contributed by atoms with Crippen molar-refractivity contribution >= 4 is 17.3 Å². The van der Waals surface area contributed by atoms with E-state index in [4.69, 9.17) is 4.74 Å². The molecule has 0 radical (unpaired) electrons. The number of methoxy groups -OCH3 is 1. The number of nitro benzene ring substituents is 1. The van der Waals surface area contributed by atoms with Crippen LogP contribution in [-0.4, -0.2) is 17.9 Å². The first-order valence-electron chi connectivity index (χ1n) is 7.28. The van der Waals surface area contributed by atoms with Gasteiger partial charge in [-0.2, -0.15) is 0 Å². The van der Waals surface area contributed by atoms with E-state index in [2.05, 4.69) is 5.32 Å². The van der Waals surface area contributed by atoms with E-state index >= 15 is 0 Å². The summed E-state index contributed by atoms with van der Waals surface area (Å²) < 4.78 is 5.13. The van der Waals surface area contributed by atoms with Crippen LogP contribution in [0.25, 0.3) is 0 Å². The number of anilines is 1. The lowest BCUT2D eigenvalue weighted by Gasteiger charge is -2.10. The van der Waals surface area contributed by atoms with Crippen LogP contribution >= 0.6 is 0 Å². The number of nitro groups is 1. The highest BCUT2D eigenvalue weighted by Gasteiger charge is 2.44. The number of non-ortho nitro benzene ring substituents is 1. The van der Waals surface area contributed by atoms with Crippen molar-refractivity contribution < 1.29 is 14.5 Å². The van der Waals surface area contributed by atoms with Gasteiger partial charge >= 0.3 is 0 Å². The molecule has 6 heteroatoms. The molecule has 2 atom stereocenters. The van der Waals surface area contributed by atoms with Crippen LogP contribution in [0, 0.1) is 16.0 Å². The summed E-state index contributed by atoms with van der Waals surface area (Å²) in [6.07, 6.45) is 0.811. The molecule has 23 heavy (non-hydrogen) atoms. The van der Waals surface area contributed by atoms with Crippen LogP contribution in [0.3, 0.4) is 0 Å². The van der Waals surface area contributed by atoms with Gasteiger partial charge in [-0.15, -0.1) is 0 Å². The smallest absolute Gasteiger partial charge is 0.273 e. The fraction of sp³-hybridized carbons (Fsp3) is 0.235. The molecule has 2 aromatic rings. The Hall–Kier alpha value is -2.89. The van der Waals surface area contributed by atoms with Crippen molar-refractivity contribution in [1.29, 1.82) is 0 Å². The molecule has 0 aromatic heterocycles. The first-order valence-corrected chi connectivity index (χ1v) is 7.28. The topological polar surface area (TPSA) is 81.5 Å². The Labute approximate surface area is 133 Å². The summed E-state index contributed by atoms with van der Waals surface area (Å²) in [7, 11) is 1.42. The summed E-state index contributed by atoms with van der Waals surface area (Å²) in [4.78, 5) is 22.6. The van der Waals surface area contributed by atoms with E-state index in [0.29, 0.717) is 5.69 Å². The highest BCUT2D eigenvalue weighted by molar-refractivity contribution is 5.96. The van der Waals surface area contributed by atoms with Crippen molar-refractivity contribution in [2.75, 3.05) is 12.4 Å². The van der Waals surface area contributed by atoms with Crippen LogP contribution < -0.4 is 10.1 Å². The van der Waals surface area contributed by atoms with Gasteiger partial charge < -0.3 is 10.1 Å². The van der Waals surface area contributed by atoms with Crippen molar-refractivity contribution in [1.82, 2.24) is 0 Å². The number of hydrogen-bond donors (Lipinski definition) is 1. The predicted octanol–water partition coefficient (Wildman–Crippen LogP) is 3.35. The Morgan fingerprint density at radius 2 is 2.00 bits per heavy atom. The fourth-order valence-corrected chi connectivity index (χ4v) is 2.68. The molecule has 0 heterocycles. The number of carbonyl (C=O) groups is 1. The van der Waals surface area contributed by atoms with Gasteiger partial charge in [0.1, 0.15) is 5.75 Å². The molecular weight excluding hydrogens is 296 g/mol. The number of benzene rings is 2. The third-order valence-electron chi connectivity index (χ3n) is 4.01. The molecule has 3 rings (SSSR count). The van der Waals surface area contributed by atoms with E-state index in [1.807, 2.05) is 30.3 Å². The Bertz CT molecular complexity index is 746. The van der Waals surface area contributed by atoms with Gasteiger partial charge in [0.15, 0.2) is 0 Å². The van der Waals surface area contributed by atoms with E-state index in [-0.39, 0.29) is 29.2 Å². The number of hydrogen-bond acceptors (Lipinski definition) is 4. The summed E-state index contributed by atoms with van der Waals surface area (Å²) in [5.74, 6) is 0.355. The van der Waals surface area contributed by atoms with E-state index < -0.39 is 4.92 Å². The largest absolute Gasteiger partial charge is 0.494 e. The number of nitrogens with zero attached hydrogens (tertiary/aromatic N) is 1. The van der Waals surface area contributed by atoms with Crippen LogP contribution in [0.1, 0.15) is 17.9 Å². The van der Waals surface area contributed by atoms with Crippen LogP contribution in [0.4, 0.5) is 11.4 Å². The molecule has 1 aliphatic carbocycles. The fourth-order valence-electron chi connectivity index (χ4n) is 2.68. The zero-order chi connectivity index (χ0) is 16.4. The first-order chi connectivity index (χ1) is 11.1. The zero-order valence-corrected chi connectivity index (χ0v) is 12.6. The van der Waals surface area contributed by atoms with E-state index in [1.165, 1.54) is 25.3 Å². The minimum Gasteiger partial charge on any atom is -0.494 e. The van der Waals surface area contributed by atoms with Crippen molar-refractivity contribution in [3.05, 3.63) is 64.2 Å². The van der Waals surface area contributed by atoms with Gasteiger partial charge in [0.2, 0.25) is 5.91 Å². The summed E-state index contributed by atoms with van der Waals surface area (Å²) in [5, 5.41) is 13.6. The molecule has 118 valence electrons. The first kappa shape index (κ1) is 15.0. The number of ether oxygens (including phenoxy) is 1. The molecule has 2 aromatic carbocycles. The minimum atomic E-state index is -0.500. The number of carbonyl (C=O) groups excluding carboxylic acids is 1. The molecule has 0 spiro atoms. The maximum atomic E-state index is 12.3.